The number of rotatable bonds is 4. The Balaban J connectivity index is 2.64. The molecule has 4 heteroatoms. The van der Waals surface area contributed by atoms with Crippen LogP contribution in [0, 0.1) is 0 Å². The van der Waals surface area contributed by atoms with Gasteiger partial charge in [0, 0.05) is 24.1 Å². The second kappa shape index (κ2) is 4.74. The number of thioether (sulfide) groups is 1. The molecular formula is C8H13NOS2. The zero-order chi connectivity index (χ0) is 8.97. The molecule has 0 aliphatic heterocycles. The molecular weight excluding hydrogens is 190 g/mol. The van der Waals surface area contributed by atoms with E-state index < -0.39 is 0 Å². The number of nitrogens with two attached hydrogens (primary N) is 1. The molecule has 12 heavy (non-hydrogen) atoms. The minimum atomic E-state index is 0.749. The Morgan fingerprint density at radius 1 is 1.67 bits per heavy atom. The van der Waals surface area contributed by atoms with Crippen molar-refractivity contribution in [3.05, 3.63) is 10.9 Å². The van der Waals surface area contributed by atoms with Crippen molar-refractivity contribution in [2.45, 2.75) is 10.6 Å². The number of thiophene rings is 1. The van der Waals surface area contributed by atoms with Gasteiger partial charge in [-0.1, -0.05) is 0 Å². The van der Waals surface area contributed by atoms with E-state index in [1.807, 2.05) is 6.07 Å². The van der Waals surface area contributed by atoms with Gasteiger partial charge in [-0.05, 0) is 12.3 Å². The largest absolute Gasteiger partial charge is 0.398 e. The summed E-state index contributed by atoms with van der Waals surface area (Å²) in [6, 6.07) is 2.03. The van der Waals surface area contributed by atoms with Crippen LogP contribution in [0.15, 0.2) is 10.3 Å². The number of nitrogen functional groups attached to an aromatic ring is 1. The van der Waals surface area contributed by atoms with Gasteiger partial charge in [-0.25, -0.2) is 0 Å². The molecule has 0 atom stereocenters. The first kappa shape index (κ1) is 9.89. The van der Waals surface area contributed by atoms with Crippen molar-refractivity contribution < 1.29 is 4.74 Å². The van der Waals surface area contributed by atoms with Crippen molar-refractivity contribution in [2.24, 2.45) is 0 Å². The number of methoxy groups -OCH3 is 1. The fourth-order valence-corrected chi connectivity index (χ4v) is 2.58. The van der Waals surface area contributed by atoms with Gasteiger partial charge in [0.25, 0.3) is 0 Å². The Morgan fingerprint density at radius 2 is 2.42 bits per heavy atom. The number of ether oxygens (including phenoxy) is 1. The molecule has 0 saturated heterocycles. The Kier molecular flexibility index (Phi) is 3.91. The third-order valence-electron chi connectivity index (χ3n) is 1.55. The molecule has 0 radical (unpaired) electrons. The third-order valence-corrected chi connectivity index (χ3v) is 3.83. The molecule has 0 unspecified atom stereocenters. The second-order valence-electron chi connectivity index (χ2n) is 2.39. The molecule has 1 aromatic heterocycles. The van der Waals surface area contributed by atoms with E-state index in [-0.39, 0.29) is 0 Å². The minimum absolute atomic E-state index is 0.749. The van der Waals surface area contributed by atoms with Gasteiger partial charge in [-0.3, -0.25) is 0 Å². The Hall–Kier alpha value is -0.190. The van der Waals surface area contributed by atoms with Crippen molar-refractivity contribution in [1.29, 1.82) is 0 Å². The summed E-state index contributed by atoms with van der Waals surface area (Å²) in [5.74, 6) is 0. The summed E-state index contributed by atoms with van der Waals surface area (Å²) in [4.78, 5) is 1.24. The van der Waals surface area contributed by atoms with E-state index in [2.05, 4.69) is 6.26 Å². The SMILES string of the molecule is COCCc1sc(SC)cc1N. The maximum Gasteiger partial charge on any atom is 0.0620 e. The molecule has 0 spiro atoms. The summed E-state index contributed by atoms with van der Waals surface area (Å²) < 4.78 is 6.26. The summed E-state index contributed by atoms with van der Waals surface area (Å²) in [6.07, 6.45) is 2.99. The van der Waals surface area contributed by atoms with E-state index in [9.17, 15) is 0 Å². The van der Waals surface area contributed by atoms with Crippen molar-refractivity contribution in [3.8, 4) is 0 Å². The molecule has 0 saturated carbocycles. The molecule has 2 N–H and O–H groups in total. The highest BCUT2D eigenvalue weighted by Gasteiger charge is 2.04. The Morgan fingerprint density at radius 3 is 2.92 bits per heavy atom. The van der Waals surface area contributed by atoms with Gasteiger partial charge in [0.1, 0.15) is 0 Å². The fourth-order valence-electron chi connectivity index (χ4n) is 0.908. The third kappa shape index (κ3) is 2.40. The second-order valence-corrected chi connectivity index (χ2v) is 4.63. The predicted molar refractivity (Wildman–Crippen MR) is 56.1 cm³/mol. The standard InChI is InChI=1S/C8H13NOS2/c1-10-4-3-7-6(9)5-8(11-2)12-7/h5H,3-4,9H2,1-2H3. The molecule has 0 fully saturated rings. The van der Waals surface area contributed by atoms with Crippen LogP contribution >= 0.6 is 23.1 Å². The van der Waals surface area contributed by atoms with Gasteiger partial charge in [-0.2, -0.15) is 0 Å². The van der Waals surface area contributed by atoms with Gasteiger partial charge < -0.3 is 10.5 Å². The van der Waals surface area contributed by atoms with Crippen LogP contribution in [-0.4, -0.2) is 20.0 Å². The van der Waals surface area contributed by atoms with Crippen LogP contribution < -0.4 is 5.73 Å². The first-order valence-corrected chi connectivity index (χ1v) is 5.73. The molecule has 68 valence electrons. The predicted octanol–water partition coefficient (Wildman–Crippen LogP) is 2.24. The molecule has 0 amide bonds. The van der Waals surface area contributed by atoms with Gasteiger partial charge in [0.2, 0.25) is 0 Å². The van der Waals surface area contributed by atoms with Crippen LogP contribution in [0.1, 0.15) is 4.88 Å². The summed E-state index contributed by atoms with van der Waals surface area (Å²) in [5, 5.41) is 0. The molecule has 0 bridgehead atoms. The Labute approximate surface area is 81.1 Å². The quantitative estimate of drug-likeness (QED) is 0.762. The zero-order valence-corrected chi connectivity index (χ0v) is 8.93. The molecule has 1 aromatic rings. The summed E-state index contributed by atoms with van der Waals surface area (Å²) in [5.41, 5.74) is 6.70. The van der Waals surface area contributed by atoms with Crippen LogP contribution in [0.5, 0.6) is 0 Å². The van der Waals surface area contributed by atoms with Crippen molar-refractivity contribution >= 4 is 28.8 Å². The normalized spacial score (nSPS) is 10.5. The van der Waals surface area contributed by atoms with Gasteiger partial charge in [0.15, 0.2) is 0 Å². The topological polar surface area (TPSA) is 35.2 Å². The molecule has 2 nitrogen and oxygen atoms in total. The van der Waals surface area contributed by atoms with E-state index in [1.54, 1.807) is 30.2 Å². The van der Waals surface area contributed by atoms with Crippen LogP contribution in [0.4, 0.5) is 5.69 Å². The summed E-state index contributed by atoms with van der Waals surface area (Å²) in [6.45, 7) is 0.749. The van der Waals surface area contributed by atoms with Crippen molar-refractivity contribution in [3.63, 3.8) is 0 Å². The molecule has 1 heterocycles. The van der Waals surface area contributed by atoms with Crippen molar-refractivity contribution in [1.82, 2.24) is 0 Å². The smallest absolute Gasteiger partial charge is 0.0620 e. The minimum Gasteiger partial charge on any atom is -0.398 e. The first-order chi connectivity index (χ1) is 5.77. The maximum absolute atomic E-state index is 5.80. The van der Waals surface area contributed by atoms with E-state index in [0.29, 0.717) is 0 Å². The lowest BCUT2D eigenvalue weighted by molar-refractivity contribution is 0.203. The average Bonchev–Trinajstić information content (AvgIpc) is 2.43. The van der Waals surface area contributed by atoms with E-state index in [0.717, 1.165) is 18.7 Å². The van der Waals surface area contributed by atoms with E-state index in [1.165, 1.54) is 9.09 Å². The molecule has 0 aliphatic carbocycles. The lowest BCUT2D eigenvalue weighted by Crippen LogP contribution is -1.94. The maximum atomic E-state index is 5.80. The monoisotopic (exact) mass is 203 g/mol. The molecule has 1 rings (SSSR count). The fraction of sp³-hybridized carbons (Fsp3) is 0.500. The van der Waals surface area contributed by atoms with E-state index in [4.69, 9.17) is 10.5 Å². The van der Waals surface area contributed by atoms with Gasteiger partial charge >= 0.3 is 0 Å². The average molecular weight is 203 g/mol. The van der Waals surface area contributed by atoms with Gasteiger partial charge in [0.05, 0.1) is 10.8 Å². The lowest BCUT2D eigenvalue weighted by Gasteiger charge is -1.96. The molecule has 0 aromatic carbocycles. The summed E-state index contributed by atoms with van der Waals surface area (Å²) >= 11 is 3.49. The van der Waals surface area contributed by atoms with Crippen LogP contribution in [0.2, 0.25) is 0 Å². The Bertz CT molecular complexity index is 247. The van der Waals surface area contributed by atoms with Crippen LogP contribution in [-0.2, 0) is 11.2 Å². The van der Waals surface area contributed by atoms with Crippen LogP contribution in [0.3, 0.4) is 0 Å². The summed E-state index contributed by atoms with van der Waals surface area (Å²) in [7, 11) is 1.71. The highest BCUT2D eigenvalue weighted by molar-refractivity contribution is 8.00. The molecule has 0 aliphatic rings. The van der Waals surface area contributed by atoms with Crippen LogP contribution in [0.25, 0.3) is 0 Å². The van der Waals surface area contributed by atoms with Crippen molar-refractivity contribution in [2.75, 3.05) is 25.7 Å². The highest BCUT2D eigenvalue weighted by Crippen LogP contribution is 2.31. The highest BCUT2D eigenvalue weighted by atomic mass is 32.2. The van der Waals surface area contributed by atoms with Gasteiger partial charge in [-0.15, -0.1) is 23.1 Å². The van der Waals surface area contributed by atoms with E-state index >= 15 is 0 Å². The lowest BCUT2D eigenvalue weighted by atomic mass is 10.3. The number of anilines is 1. The zero-order valence-electron chi connectivity index (χ0n) is 7.29. The number of hydrogen-bond donors (Lipinski definition) is 1. The number of hydrogen-bond acceptors (Lipinski definition) is 4. The first-order valence-electron chi connectivity index (χ1n) is 3.69.